The predicted octanol–water partition coefficient (Wildman–Crippen LogP) is 10.3. The van der Waals surface area contributed by atoms with Gasteiger partial charge in [0.05, 0.1) is 25.9 Å². The maximum absolute atomic E-state index is 15.0. The summed E-state index contributed by atoms with van der Waals surface area (Å²) in [5.41, 5.74) is 0.338. The molecular weight excluding hydrogens is 594 g/mol. The van der Waals surface area contributed by atoms with Crippen LogP contribution in [0, 0.1) is 46.7 Å². The molecule has 2 aliphatic carbocycles. The molecule has 3 aromatic rings. The van der Waals surface area contributed by atoms with Crippen LogP contribution in [0.15, 0.2) is 42.5 Å². The predicted molar refractivity (Wildman–Crippen MR) is 161 cm³/mol. The lowest BCUT2D eigenvalue weighted by molar-refractivity contribution is -0.000995. The minimum absolute atomic E-state index is 0.00468. The molecule has 0 aromatic heterocycles. The van der Waals surface area contributed by atoms with E-state index in [0.29, 0.717) is 24.7 Å². The number of benzene rings is 3. The van der Waals surface area contributed by atoms with Crippen molar-refractivity contribution in [1.29, 1.82) is 0 Å². The van der Waals surface area contributed by atoms with E-state index in [-0.39, 0.29) is 59.7 Å². The Bertz CT molecular complexity index is 1530. The van der Waals surface area contributed by atoms with Crippen LogP contribution in [0.3, 0.4) is 0 Å². The maximum atomic E-state index is 15.0. The zero-order valence-electron chi connectivity index (χ0n) is 25.5. The van der Waals surface area contributed by atoms with Gasteiger partial charge in [-0.3, -0.25) is 0 Å². The van der Waals surface area contributed by atoms with Gasteiger partial charge >= 0.3 is 0 Å². The smallest absolute Gasteiger partial charge is 0.201 e. The molecule has 5 rings (SSSR count). The van der Waals surface area contributed by atoms with E-state index < -0.39 is 34.9 Å². The molecule has 0 heterocycles. The summed E-state index contributed by atoms with van der Waals surface area (Å²) in [5.74, 6) is -6.26. The SMILES string of the molecule is CCCOc1ccc(-c2ccc(COC3CCC(C4CC=C(c5ccc(OCC)c(F)c5F)CC4)CC3)c(F)c2F)c(F)c1F. The van der Waals surface area contributed by atoms with Gasteiger partial charge in [-0.05, 0) is 100.0 Å². The summed E-state index contributed by atoms with van der Waals surface area (Å²) in [6.07, 6.45) is 8.23. The lowest BCUT2D eigenvalue weighted by atomic mass is 9.73. The monoisotopic (exact) mass is 632 g/mol. The fourth-order valence-electron chi connectivity index (χ4n) is 6.48. The van der Waals surface area contributed by atoms with Crippen LogP contribution < -0.4 is 9.47 Å². The van der Waals surface area contributed by atoms with Gasteiger partial charge in [0.2, 0.25) is 11.6 Å². The van der Waals surface area contributed by atoms with Crippen LogP contribution >= 0.6 is 0 Å². The van der Waals surface area contributed by atoms with Crippen molar-refractivity contribution in [3.8, 4) is 22.6 Å². The number of allylic oxidation sites excluding steroid dienone is 2. The fourth-order valence-corrected chi connectivity index (χ4v) is 6.48. The minimum Gasteiger partial charge on any atom is -0.491 e. The quantitative estimate of drug-likeness (QED) is 0.197. The Morgan fingerprint density at radius 1 is 0.622 bits per heavy atom. The van der Waals surface area contributed by atoms with Gasteiger partial charge in [0.1, 0.15) is 0 Å². The number of ether oxygens (including phenoxy) is 3. The molecule has 0 N–H and O–H groups in total. The molecule has 0 aliphatic heterocycles. The van der Waals surface area contributed by atoms with Crippen LogP contribution in [0.2, 0.25) is 0 Å². The first-order valence-corrected chi connectivity index (χ1v) is 15.7. The Morgan fingerprint density at radius 2 is 1.22 bits per heavy atom. The highest BCUT2D eigenvalue weighted by atomic mass is 19.2. The molecule has 3 aromatic carbocycles. The topological polar surface area (TPSA) is 27.7 Å². The molecule has 1 unspecified atom stereocenters. The van der Waals surface area contributed by atoms with Gasteiger partial charge in [-0.15, -0.1) is 0 Å². The fraction of sp³-hybridized carbons (Fsp3) is 0.444. The number of halogens is 6. The largest absolute Gasteiger partial charge is 0.491 e. The molecule has 0 bridgehead atoms. The van der Waals surface area contributed by atoms with E-state index in [1.54, 1.807) is 13.0 Å². The van der Waals surface area contributed by atoms with E-state index in [4.69, 9.17) is 14.2 Å². The summed E-state index contributed by atoms with van der Waals surface area (Å²) in [6, 6.07) is 8.01. The van der Waals surface area contributed by atoms with Crippen LogP contribution in [0.5, 0.6) is 11.5 Å². The molecule has 1 atom stereocenters. The van der Waals surface area contributed by atoms with E-state index in [1.807, 2.05) is 13.0 Å². The Morgan fingerprint density at radius 3 is 1.84 bits per heavy atom. The highest BCUT2D eigenvalue weighted by Gasteiger charge is 2.30. The highest BCUT2D eigenvalue weighted by molar-refractivity contribution is 5.68. The summed E-state index contributed by atoms with van der Waals surface area (Å²) in [6.45, 7) is 3.86. The second-order valence-corrected chi connectivity index (χ2v) is 11.8. The first kappa shape index (κ1) is 32.9. The zero-order chi connectivity index (χ0) is 32.1. The third-order valence-corrected chi connectivity index (χ3v) is 8.97. The van der Waals surface area contributed by atoms with Crippen LogP contribution in [-0.4, -0.2) is 19.3 Å². The van der Waals surface area contributed by atoms with Gasteiger partial charge in [0.15, 0.2) is 34.8 Å². The average Bonchev–Trinajstić information content (AvgIpc) is 3.05. The van der Waals surface area contributed by atoms with Gasteiger partial charge < -0.3 is 14.2 Å². The molecular formula is C36H38F6O3. The Kier molecular flexibility index (Phi) is 10.8. The molecule has 0 saturated heterocycles. The molecule has 45 heavy (non-hydrogen) atoms. The van der Waals surface area contributed by atoms with Crippen molar-refractivity contribution in [1.82, 2.24) is 0 Å². The standard InChI is InChI=1S/C36H38F6O3/c1-3-19-44-30-18-16-28(34(40)36(30)42)27-14-11-24(31(37)33(27)39)20-45-25-12-9-22(10-13-25)21-5-7-23(8-6-21)26-15-17-29(43-4-2)35(41)32(26)38/h7,11,14-18,21-22,25H,3-6,8-10,12-13,19-20H2,1-2H3. The molecule has 1 saturated carbocycles. The second kappa shape index (κ2) is 14.8. The summed E-state index contributed by atoms with van der Waals surface area (Å²) in [7, 11) is 0. The van der Waals surface area contributed by atoms with Crippen molar-refractivity contribution >= 4 is 5.57 Å². The van der Waals surface area contributed by atoms with Crippen LogP contribution in [0.1, 0.15) is 76.3 Å². The molecule has 1 fully saturated rings. The summed E-state index contributed by atoms with van der Waals surface area (Å²) >= 11 is 0. The molecule has 9 heteroatoms. The van der Waals surface area contributed by atoms with E-state index in [9.17, 15) is 22.0 Å². The average molecular weight is 633 g/mol. The van der Waals surface area contributed by atoms with Crippen molar-refractivity contribution in [2.45, 2.75) is 77.9 Å². The van der Waals surface area contributed by atoms with E-state index in [0.717, 1.165) is 44.1 Å². The van der Waals surface area contributed by atoms with Crippen LogP contribution in [0.25, 0.3) is 16.7 Å². The molecule has 242 valence electrons. The molecule has 0 spiro atoms. The number of hydrogen-bond acceptors (Lipinski definition) is 3. The van der Waals surface area contributed by atoms with Crippen molar-refractivity contribution in [3.05, 3.63) is 88.5 Å². The molecule has 2 aliphatic rings. The second-order valence-electron chi connectivity index (χ2n) is 11.8. The van der Waals surface area contributed by atoms with E-state index in [2.05, 4.69) is 0 Å². The molecule has 3 nitrogen and oxygen atoms in total. The van der Waals surface area contributed by atoms with Crippen molar-refractivity contribution < 1.29 is 40.6 Å². The maximum Gasteiger partial charge on any atom is 0.201 e. The third-order valence-electron chi connectivity index (χ3n) is 8.97. The van der Waals surface area contributed by atoms with Crippen molar-refractivity contribution in [3.63, 3.8) is 0 Å². The molecule has 0 amide bonds. The van der Waals surface area contributed by atoms with Crippen molar-refractivity contribution in [2.24, 2.45) is 11.8 Å². The van der Waals surface area contributed by atoms with Gasteiger partial charge in [0, 0.05) is 22.3 Å². The summed E-state index contributed by atoms with van der Waals surface area (Å²) < 4.78 is 104. The van der Waals surface area contributed by atoms with Crippen LogP contribution in [0.4, 0.5) is 26.3 Å². The van der Waals surface area contributed by atoms with Gasteiger partial charge in [-0.25, -0.2) is 17.6 Å². The van der Waals surface area contributed by atoms with E-state index >= 15 is 4.39 Å². The normalized spacial score (nSPS) is 20.2. The first-order valence-electron chi connectivity index (χ1n) is 15.7. The minimum atomic E-state index is -1.30. The third kappa shape index (κ3) is 7.19. The summed E-state index contributed by atoms with van der Waals surface area (Å²) in [5, 5.41) is 0. The lowest BCUT2D eigenvalue weighted by Crippen LogP contribution is -2.27. The van der Waals surface area contributed by atoms with Gasteiger partial charge in [-0.2, -0.15) is 8.78 Å². The molecule has 0 radical (unpaired) electrons. The highest BCUT2D eigenvalue weighted by Crippen LogP contribution is 2.42. The number of rotatable bonds is 11. The Hall–Kier alpha value is -3.46. The van der Waals surface area contributed by atoms with Gasteiger partial charge in [-0.1, -0.05) is 25.1 Å². The zero-order valence-corrected chi connectivity index (χ0v) is 25.5. The first-order chi connectivity index (χ1) is 21.7. The van der Waals surface area contributed by atoms with Gasteiger partial charge in [0.25, 0.3) is 0 Å². The van der Waals surface area contributed by atoms with Crippen molar-refractivity contribution in [2.75, 3.05) is 13.2 Å². The Labute approximate surface area is 260 Å². The lowest BCUT2D eigenvalue weighted by Gasteiger charge is -2.35. The Balaban J connectivity index is 1.14. The number of hydrogen-bond donors (Lipinski definition) is 0. The van der Waals surface area contributed by atoms with Crippen LogP contribution in [-0.2, 0) is 11.3 Å². The summed E-state index contributed by atoms with van der Waals surface area (Å²) in [4.78, 5) is 0. The van der Waals surface area contributed by atoms with E-state index in [1.165, 1.54) is 30.3 Å².